The Kier molecular flexibility index (Phi) is 7.06. The lowest BCUT2D eigenvalue weighted by atomic mass is 10.1. The van der Waals surface area contributed by atoms with Crippen molar-refractivity contribution in [3.63, 3.8) is 0 Å². The molecule has 0 radical (unpaired) electrons. The summed E-state index contributed by atoms with van der Waals surface area (Å²) < 4.78 is 0.596. The molecule has 1 aromatic heterocycles. The molecule has 2 aromatic rings. The molecule has 1 heterocycles. The molecule has 26 heavy (non-hydrogen) atoms. The summed E-state index contributed by atoms with van der Waals surface area (Å²) in [6, 6.07) is 10.9. The second-order valence-electron chi connectivity index (χ2n) is 6.09. The molecule has 0 aliphatic carbocycles. The minimum absolute atomic E-state index is 0.0411. The van der Waals surface area contributed by atoms with Crippen LogP contribution in [0, 0.1) is 17.2 Å². The van der Waals surface area contributed by atoms with Gasteiger partial charge in [-0.05, 0) is 34.5 Å². The van der Waals surface area contributed by atoms with E-state index >= 15 is 0 Å². The smallest absolute Gasteiger partial charge is 0.260 e. The summed E-state index contributed by atoms with van der Waals surface area (Å²) in [4.78, 5) is 21.0. The molecule has 136 valence electrons. The van der Waals surface area contributed by atoms with Crippen LogP contribution in [0.15, 0.2) is 41.0 Å². The van der Waals surface area contributed by atoms with Crippen molar-refractivity contribution in [3.05, 3.63) is 52.4 Å². The second kappa shape index (κ2) is 9.27. The monoisotopic (exact) mass is 416 g/mol. The van der Waals surface area contributed by atoms with Crippen molar-refractivity contribution >= 4 is 27.7 Å². The molecule has 2 rings (SSSR count). The molecule has 0 saturated heterocycles. The highest BCUT2D eigenvalue weighted by Crippen LogP contribution is 2.23. The summed E-state index contributed by atoms with van der Waals surface area (Å²) in [7, 11) is 1.73. The third-order valence-corrected chi connectivity index (χ3v) is 4.12. The van der Waals surface area contributed by atoms with Gasteiger partial charge >= 0.3 is 0 Å². The van der Waals surface area contributed by atoms with E-state index in [1.165, 1.54) is 6.20 Å². The summed E-state index contributed by atoms with van der Waals surface area (Å²) in [5.41, 5.74) is 3.77. The van der Waals surface area contributed by atoms with E-state index < -0.39 is 6.04 Å². The number of hydrogen-bond acceptors (Lipinski definition) is 6. The molecule has 8 heteroatoms. The molecule has 1 atom stereocenters. The molecule has 0 aliphatic heterocycles. The van der Waals surface area contributed by atoms with Crippen LogP contribution in [-0.2, 0) is 4.79 Å². The van der Waals surface area contributed by atoms with E-state index in [1.54, 1.807) is 12.1 Å². The number of aromatic nitrogens is 2. The molecule has 0 fully saturated rings. The van der Waals surface area contributed by atoms with Crippen LogP contribution in [0.5, 0.6) is 0 Å². The van der Waals surface area contributed by atoms with Crippen LogP contribution in [0.1, 0.15) is 31.3 Å². The third kappa shape index (κ3) is 5.00. The minimum atomic E-state index is -0.512. The maximum Gasteiger partial charge on any atom is 0.260 e. The number of rotatable bonds is 7. The number of carbonyl (C=O) groups excluding carboxylic acids is 1. The molecule has 0 aliphatic rings. The van der Waals surface area contributed by atoms with Crippen molar-refractivity contribution in [2.24, 2.45) is 5.92 Å². The van der Waals surface area contributed by atoms with Gasteiger partial charge in [0.1, 0.15) is 12.1 Å². The molecule has 1 aromatic carbocycles. The Morgan fingerprint density at radius 3 is 2.62 bits per heavy atom. The van der Waals surface area contributed by atoms with Crippen molar-refractivity contribution < 1.29 is 4.79 Å². The van der Waals surface area contributed by atoms with Gasteiger partial charge in [-0.15, -0.1) is 0 Å². The molecular formula is C18H21BrN6O. The summed E-state index contributed by atoms with van der Waals surface area (Å²) in [5, 5.41) is 13.7. The Morgan fingerprint density at radius 2 is 2.04 bits per heavy atom. The highest BCUT2D eigenvalue weighted by molar-refractivity contribution is 9.10. The zero-order valence-electron chi connectivity index (χ0n) is 14.9. The fourth-order valence-corrected chi connectivity index (χ4v) is 2.85. The zero-order valence-corrected chi connectivity index (χ0v) is 16.5. The predicted octanol–water partition coefficient (Wildman–Crippen LogP) is 2.57. The lowest BCUT2D eigenvalue weighted by Crippen LogP contribution is -2.49. The normalized spacial score (nSPS) is 11.7. The van der Waals surface area contributed by atoms with Gasteiger partial charge in [-0.2, -0.15) is 10.2 Å². The summed E-state index contributed by atoms with van der Waals surface area (Å²) >= 11 is 3.40. The SMILES string of the molecule is CNC(C(=O)NN(CC(C)C)c1nc(C#N)ncc1Br)c1ccccc1. The van der Waals surface area contributed by atoms with Gasteiger partial charge in [-0.1, -0.05) is 44.2 Å². The number of nitriles is 1. The summed E-state index contributed by atoms with van der Waals surface area (Å²) in [6.45, 7) is 4.59. The number of nitrogens with zero attached hydrogens (tertiary/aromatic N) is 4. The number of amides is 1. The van der Waals surface area contributed by atoms with E-state index in [0.717, 1.165) is 5.56 Å². The van der Waals surface area contributed by atoms with E-state index in [0.29, 0.717) is 16.8 Å². The Morgan fingerprint density at radius 1 is 1.35 bits per heavy atom. The van der Waals surface area contributed by atoms with Crippen molar-refractivity contribution in [2.45, 2.75) is 19.9 Å². The van der Waals surface area contributed by atoms with E-state index in [2.05, 4.69) is 36.6 Å². The topological polar surface area (TPSA) is 93.9 Å². The summed E-state index contributed by atoms with van der Waals surface area (Å²) in [5.74, 6) is 0.525. The first-order chi connectivity index (χ1) is 12.5. The van der Waals surface area contributed by atoms with Crippen LogP contribution in [0.25, 0.3) is 0 Å². The van der Waals surface area contributed by atoms with Crippen LogP contribution in [-0.4, -0.2) is 29.5 Å². The maximum absolute atomic E-state index is 12.9. The lowest BCUT2D eigenvalue weighted by molar-refractivity contribution is -0.123. The predicted molar refractivity (Wildman–Crippen MR) is 103 cm³/mol. The van der Waals surface area contributed by atoms with E-state index in [1.807, 2.05) is 50.2 Å². The average molecular weight is 417 g/mol. The first kappa shape index (κ1) is 19.8. The molecule has 0 spiro atoms. The number of hydrazine groups is 1. The fourth-order valence-electron chi connectivity index (χ4n) is 2.44. The molecule has 0 saturated carbocycles. The van der Waals surface area contributed by atoms with Gasteiger partial charge in [0.2, 0.25) is 5.82 Å². The van der Waals surface area contributed by atoms with Crippen LogP contribution in [0.3, 0.4) is 0 Å². The Bertz CT molecular complexity index is 790. The first-order valence-electron chi connectivity index (χ1n) is 8.19. The highest BCUT2D eigenvalue weighted by atomic mass is 79.9. The fraction of sp³-hybridized carbons (Fsp3) is 0.333. The van der Waals surface area contributed by atoms with Gasteiger partial charge in [0.15, 0.2) is 5.82 Å². The van der Waals surface area contributed by atoms with Crippen molar-refractivity contribution in [2.75, 3.05) is 18.6 Å². The number of likely N-dealkylation sites (N-methyl/N-ethyl adjacent to an activating group) is 1. The number of hydrogen-bond donors (Lipinski definition) is 2. The molecule has 2 N–H and O–H groups in total. The van der Waals surface area contributed by atoms with Crippen molar-refractivity contribution in [1.29, 1.82) is 5.26 Å². The van der Waals surface area contributed by atoms with Crippen LogP contribution < -0.4 is 15.8 Å². The van der Waals surface area contributed by atoms with Crippen molar-refractivity contribution in [1.82, 2.24) is 20.7 Å². The second-order valence-corrected chi connectivity index (χ2v) is 6.94. The zero-order chi connectivity index (χ0) is 19.1. The highest BCUT2D eigenvalue weighted by Gasteiger charge is 2.23. The van der Waals surface area contributed by atoms with E-state index in [9.17, 15) is 4.79 Å². The number of carbonyl (C=O) groups is 1. The quantitative estimate of drug-likeness (QED) is 0.673. The average Bonchev–Trinajstić information content (AvgIpc) is 2.63. The molecule has 7 nitrogen and oxygen atoms in total. The number of benzene rings is 1. The van der Waals surface area contributed by atoms with Crippen LogP contribution in [0.4, 0.5) is 5.82 Å². The number of halogens is 1. The Balaban J connectivity index is 2.30. The van der Waals surface area contributed by atoms with Gasteiger partial charge in [0.25, 0.3) is 5.91 Å². The Labute approximate surface area is 161 Å². The lowest BCUT2D eigenvalue weighted by Gasteiger charge is -2.28. The maximum atomic E-state index is 12.9. The van der Waals surface area contributed by atoms with Gasteiger partial charge in [-0.3, -0.25) is 15.2 Å². The molecule has 1 amide bonds. The van der Waals surface area contributed by atoms with Gasteiger partial charge < -0.3 is 5.32 Å². The third-order valence-electron chi connectivity index (χ3n) is 3.56. The molecule has 1 unspecified atom stereocenters. The van der Waals surface area contributed by atoms with Crippen LogP contribution in [0.2, 0.25) is 0 Å². The van der Waals surface area contributed by atoms with Crippen LogP contribution >= 0.6 is 15.9 Å². The van der Waals surface area contributed by atoms with Crippen molar-refractivity contribution in [3.8, 4) is 6.07 Å². The Hall–Kier alpha value is -2.50. The summed E-state index contributed by atoms with van der Waals surface area (Å²) in [6.07, 6.45) is 1.51. The number of anilines is 1. The minimum Gasteiger partial charge on any atom is -0.305 e. The van der Waals surface area contributed by atoms with Gasteiger partial charge in [0, 0.05) is 12.7 Å². The van der Waals surface area contributed by atoms with E-state index in [-0.39, 0.29) is 17.6 Å². The number of nitrogens with one attached hydrogen (secondary N) is 2. The molecule has 0 bridgehead atoms. The standard InChI is InChI=1S/C18H21BrN6O/c1-12(2)11-25(17-14(19)10-22-15(9-20)23-17)24-18(26)16(21-3)13-7-5-4-6-8-13/h4-8,10,12,16,21H,11H2,1-3H3,(H,24,26). The molecular weight excluding hydrogens is 396 g/mol. The van der Waals surface area contributed by atoms with E-state index in [4.69, 9.17) is 5.26 Å². The van der Waals surface area contributed by atoms with Gasteiger partial charge in [0.05, 0.1) is 4.47 Å². The first-order valence-corrected chi connectivity index (χ1v) is 8.98. The largest absolute Gasteiger partial charge is 0.305 e. The van der Waals surface area contributed by atoms with Gasteiger partial charge in [-0.25, -0.2) is 4.98 Å².